The molecule has 1 aliphatic rings. The first-order valence-electron chi connectivity index (χ1n) is 7.03. The van der Waals surface area contributed by atoms with Crippen LogP contribution in [0.15, 0.2) is 60.8 Å². The van der Waals surface area contributed by atoms with Gasteiger partial charge in [0.2, 0.25) is 0 Å². The van der Waals surface area contributed by atoms with E-state index in [-0.39, 0.29) is 11.4 Å². The van der Waals surface area contributed by atoms with Crippen molar-refractivity contribution in [3.63, 3.8) is 0 Å². The molecule has 122 valence electrons. The van der Waals surface area contributed by atoms with Crippen LogP contribution in [0.5, 0.6) is 0 Å². The number of hydrazine groups is 2. The first-order chi connectivity index (χ1) is 11.5. The molecular formula is C15H13N5O4. The Morgan fingerprint density at radius 2 is 1.33 bits per heavy atom. The van der Waals surface area contributed by atoms with Gasteiger partial charge in [0.05, 0.1) is 27.8 Å². The number of nitro groups is 2. The van der Waals surface area contributed by atoms with Gasteiger partial charge in [-0.05, 0) is 30.3 Å². The zero-order valence-corrected chi connectivity index (χ0v) is 12.4. The van der Waals surface area contributed by atoms with E-state index < -0.39 is 9.85 Å². The summed E-state index contributed by atoms with van der Waals surface area (Å²) < 4.78 is 0. The summed E-state index contributed by atoms with van der Waals surface area (Å²) in [4.78, 5) is 20.5. The Morgan fingerprint density at radius 1 is 0.833 bits per heavy atom. The molecule has 0 amide bonds. The average molecular weight is 327 g/mol. The molecule has 2 aromatic carbocycles. The lowest BCUT2D eigenvalue weighted by atomic mass is 10.2. The van der Waals surface area contributed by atoms with Crippen LogP contribution in [-0.4, -0.2) is 16.4 Å². The first-order valence-corrected chi connectivity index (χ1v) is 7.03. The molecule has 9 nitrogen and oxygen atoms in total. The first kappa shape index (κ1) is 15.4. The molecule has 0 bridgehead atoms. The predicted molar refractivity (Wildman–Crippen MR) is 88.3 cm³/mol. The Labute approximate surface area is 136 Å². The molecule has 0 saturated carbocycles. The van der Waals surface area contributed by atoms with Crippen LogP contribution in [0.25, 0.3) is 0 Å². The number of nitrogens with zero attached hydrogens (tertiary/aromatic N) is 4. The number of hydrogen-bond donors (Lipinski definition) is 1. The molecule has 0 spiro atoms. The van der Waals surface area contributed by atoms with E-state index in [2.05, 4.69) is 5.53 Å². The zero-order valence-electron chi connectivity index (χ0n) is 12.4. The Balaban J connectivity index is 1.76. The maximum Gasteiger partial charge on any atom is 0.269 e. The van der Waals surface area contributed by atoms with Crippen molar-refractivity contribution in [3.8, 4) is 0 Å². The van der Waals surface area contributed by atoms with Crippen molar-refractivity contribution in [3.05, 3.63) is 81.0 Å². The summed E-state index contributed by atoms with van der Waals surface area (Å²) in [5, 5.41) is 24.9. The molecule has 0 aromatic heterocycles. The van der Waals surface area contributed by atoms with Crippen molar-refractivity contribution >= 4 is 22.7 Å². The zero-order chi connectivity index (χ0) is 17.1. The normalized spacial score (nSPS) is 13.8. The van der Waals surface area contributed by atoms with E-state index in [0.717, 1.165) is 11.4 Å². The van der Waals surface area contributed by atoms with Gasteiger partial charge in [0.15, 0.2) is 0 Å². The fourth-order valence-corrected chi connectivity index (χ4v) is 2.26. The second-order valence-corrected chi connectivity index (χ2v) is 5.01. The molecule has 0 atom stereocenters. The second-order valence-electron chi connectivity index (χ2n) is 5.01. The van der Waals surface area contributed by atoms with Gasteiger partial charge in [0, 0.05) is 30.5 Å². The largest absolute Gasteiger partial charge is 0.287 e. The van der Waals surface area contributed by atoms with Crippen molar-refractivity contribution in [2.24, 2.45) is 0 Å². The van der Waals surface area contributed by atoms with Gasteiger partial charge in [0.25, 0.3) is 11.4 Å². The topological polar surface area (TPSA) is 105 Å². The van der Waals surface area contributed by atoms with Gasteiger partial charge in [-0.1, -0.05) is 0 Å². The summed E-state index contributed by atoms with van der Waals surface area (Å²) in [6, 6.07) is 12.3. The molecule has 0 unspecified atom stereocenters. The molecule has 0 radical (unpaired) electrons. The second kappa shape index (κ2) is 6.34. The lowest BCUT2D eigenvalue weighted by molar-refractivity contribution is -0.385. The number of non-ortho nitro benzene ring substituents is 2. The summed E-state index contributed by atoms with van der Waals surface area (Å²) >= 11 is 0. The molecule has 3 rings (SSSR count). The Kier molecular flexibility index (Phi) is 4.08. The third kappa shape index (κ3) is 3.15. The van der Waals surface area contributed by atoms with Crippen LogP contribution < -0.4 is 15.6 Å². The van der Waals surface area contributed by atoms with Crippen LogP contribution in [0.3, 0.4) is 0 Å². The highest BCUT2D eigenvalue weighted by atomic mass is 16.6. The molecule has 0 saturated heterocycles. The minimum Gasteiger partial charge on any atom is -0.287 e. The van der Waals surface area contributed by atoms with Crippen LogP contribution in [0, 0.1) is 20.2 Å². The molecule has 1 N–H and O–H groups in total. The Morgan fingerprint density at radius 3 is 1.83 bits per heavy atom. The van der Waals surface area contributed by atoms with Gasteiger partial charge in [-0.3, -0.25) is 30.2 Å². The van der Waals surface area contributed by atoms with Crippen molar-refractivity contribution in [1.82, 2.24) is 5.53 Å². The van der Waals surface area contributed by atoms with E-state index in [1.165, 1.54) is 24.3 Å². The SMILES string of the molecule is O=[N+]([O-])c1ccc(N2C=CCN(c3ccc([N+](=O)[O-])cc3)N2)cc1. The summed E-state index contributed by atoms with van der Waals surface area (Å²) in [6.45, 7) is 0.571. The van der Waals surface area contributed by atoms with Crippen molar-refractivity contribution in [2.75, 3.05) is 16.6 Å². The van der Waals surface area contributed by atoms with Gasteiger partial charge in [-0.2, -0.15) is 0 Å². The lowest BCUT2D eigenvalue weighted by Crippen LogP contribution is -2.50. The van der Waals surface area contributed by atoms with E-state index in [9.17, 15) is 20.2 Å². The minimum atomic E-state index is -0.452. The van der Waals surface area contributed by atoms with Crippen LogP contribution in [0.2, 0.25) is 0 Å². The van der Waals surface area contributed by atoms with E-state index in [1.54, 1.807) is 34.3 Å². The minimum absolute atomic E-state index is 0.0203. The van der Waals surface area contributed by atoms with Crippen LogP contribution in [0.4, 0.5) is 22.7 Å². The molecule has 24 heavy (non-hydrogen) atoms. The van der Waals surface area contributed by atoms with E-state index in [4.69, 9.17) is 0 Å². The third-order valence-corrected chi connectivity index (χ3v) is 3.48. The molecule has 1 aliphatic heterocycles. The standard InChI is InChI=1S/C15H13N5O4/c21-19(22)14-6-2-12(3-7-14)17-10-1-11-18(16-17)13-4-8-15(9-5-13)20(23)24/h1-10,16H,11H2. The van der Waals surface area contributed by atoms with Crippen molar-refractivity contribution in [2.45, 2.75) is 0 Å². The molecule has 9 heteroatoms. The number of rotatable bonds is 4. The van der Waals surface area contributed by atoms with Crippen molar-refractivity contribution in [1.29, 1.82) is 0 Å². The highest BCUT2D eigenvalue weighted by molar-refractivity contribution is 5.56. The van der Waals surface area contributed by atoms with Gasteiger partial charge < -0.3 is 0 Å². The smallest absolute Gasteiger partial charge is 0.269 e. The Bertz CT molecular complexity index is 789. The molecule has 1 heterocycles. The summed E-state index contributed by atoms with van der Waals surface area (Å²) in [5.74, 6) is 0. The van der Waals surface area contributed by atoms with Crippen LogP contribution in [0.1, 0.15) is 0 Å². The number of anilines is 2. The third-order valence-electron chi connectivity index (χ3n) is 3.48. The maximum atomic E-state index is 10.7. The van der Waals surface area contributed by atoms with Crippen molar-refractivity contribution < 1.29 is 9.85 Å². The monoisotopic (exact) mass is 327 g/mol. The maximum absolute atomic E-state index is 10.7. The highest BCUT2D eigenvalue weighted by Gasteiger charge is 2.16. The fraction of sp³-hybridized carbons (Fsp3) is 0.0667. The highest BCUT2D eigenvalue weighted by Crippen LogP contribution is 2.23. The number of hydrogen-bond acceptors (Lipinski definition) is 7. The summed E-state index contributed by atoms with van der Waals surface area (Å²) in [5.41, 5.74) is 4.66. The number of benzene rings is 2. The molecule has 2 aromatic rings. The van der Waals surface area contributed by atoms with E-state index in [1.807, 2.05) is 12.3 Å². The summed E-state index contributed by atoms with van der Waals surface area (Å²) in [7, 11) is 0. The van der Waals surface area contributed by atoms with Gasteiger partial charge in [-0.15, -0.1) is 5.53 Å². The number of nitrogens with one attached hydrogen (secondary N) is 1. The molecule has 0 fully saturated rings. The summed E-state index contributed by atoms with van der Waals surface area (Å²) in [6.07, 6.45) is 3.71. The lowest BCUT2D eigenvalue weighted by Gasteiger charge is -2.34. The van der Waals surface area contributed by atoms with Gasteiger partial charge in [-0.25, -0.2) is 0 Å². The fourth-order valence-electron chi connectivity index (χ4n) is 2.26. The van der Waals surface area contributed by atoms with E-state index in [0.29, 0.717) is 6.54 Å². The van der Waals surface area contributed by atoms with Crippen LogP contribution >= 0.6 is 0 Å². The Hall–Kier alpha value is -3.46. The quantitative estimate of drug-likeness (QED) is 0.680. The van der Waals surface area contributed by atoms with Gasteiger partial charge >= 0.3 is 0 Å². The van der Waals surface area contributed by atoms with Crippen LogP contribution in [-0.2, 0) is 0 Å². The predicted octanol–water partition coefficient (Wildman–Crippen LogP) is 2.76. The average Bonchev–Trinajstić information content (AvgIpc) is 2.62. The molecule has 0 aliphatic carbocycles. The molecular weight excluding hydrogens is 314 g/mol. The van der Waals surface area contributed by atoms with E-state index >= 15 is 0 Å². The van der Waals surface area contributed by atoms with Gasteiger partial charge in [0.1, 0.15) is 0 Å². The number of nitro benzene ring substituents is 2.